The molecule has 4 rings (SSSR count). The Bertz CT molecular complexity index is 958. The molecule has 6 heteroatoms. The number of benzene rings is 2. The van der Waals surface area contributed by atoms with Gasteiger partial charge in [-0.3, -0.25) is 10.2 Å². The topological polar surface area (TPSA) is 81.3 Å². The molecule has 0 saturated carbocycles. The van der Waals surface area contributed by atoms with Crippen LogP contribution in [0.2, 0.25) is 0 Å². The average molecular weight is 332 g/mol. The lowest BCUT2D eigenvalue weighted by atomic mass is 10.0. The van der Waals surface area contributed by atoms with Gasteiger partial charge in [0.1, 0.15) is 11.6 Å². The summed E-state index contributed by atoms with van der Waals surface area (Å²) in [7, 11) is 0. The van der Waals surface area contributed by atoms with Crippen LogP contribution in [0.25, 0.3) is 11.0 Å². The van der Waals surface area contributed by atoms with Gasteiger partial charge in [0.05, 0.1) is 25.0 Å². The molecule has 0 bridgehead atoms. The number of fused-ring (bicyclic) bond motifs is 3. The molecule has 0 spiro atoms. The molecule has 3 aromatic rings. The molecule has 25 heavy (non-hydrogen) atoms. The molecule has 6 nitrogen and oxygen atoms in total. The van der Waals surface area contributed by atoms with Gasteiger partial charge >= 0.3 is 6.03 Å². The lowest BCUT2D eigenvalue weighted by molar-refractivity contribution is 0.240. The van der Waals surface area contributed by atoms with Crippen LogP contribution in [0.3, 0.4) is 0 Å². The second-order valence-electron chi connectivity index (χ2n) is 5.78. The number of urea groups is 1. The number of nitriles is 1. The number of carbonyl (C=O) groups excluding carboxylic acids is 1. The van der Waals surface area contributed by atoms with Crippen LogP contribution in [-0.4, -0.2) is 19.2 Å². The predicted molar refractivity (Wildman–Crippen MR) is 94.0 cm³/mol. The molecule has 124 valence electrons. The van der Waals surface area contributed by atoms with E-state index in [4.69, 9.17) is 9.68 Å². The van der Waals surface area contributed by atoms with Crippen LogP contribution < -0.4 is 15.5 Å². The van der Waals surface area contributed by atoms with E-state index in [1.165, 1.54) is 0 Å². The van der Waals surface area contributed by atoms with Gasteiger partial charge in [0.25, 0.3) is 0 Å². The van der Waals surface area contributed by atoms with Gasteiger partial charge in [-0.05, 0) is 17.7 Å². The van der Waals surface area contributed by atoms with Crippen LogP contribution in [0.1, 0.15) is 17.4 Å². The fourth-order valence-electron chi connectivity index (χ4n) is 3.15. The molecule has 1 aliphatic rings. The second kappa shape index (κ2) is 6.30. The lowest BCUT2D eigenvalue weighted by Gasteiger charge is -2.32. The minimum absolute atomic E-state index is 0.164. The first-order chi connectivity index (χ1) is 12.3. The third kappa shape index (κ3) is 2.61. The minimum Gasteiger partial charge on any atom is -0.456 e. The predicted octanol–water partition coefficient (Wildman–Crippen LogP) is 3.12. The number of carbonyl (C=O) groups is 1. The van der Waals surface area contributed by atoms with Gasteiger partial charge in [-0.15, -0.1) is 0 Å². The molecular formula is C19H16N4O2. The smallest absolute Gasteiger partial charge is 0.323 e. The van der Waals surface area contributed by atoms with E-state index in [2.05, 4.69) is 10.6 Å². The van der Waals surface area contributed by atoms with Gasteiger partial charge in [-0.2, -0.15) is 5.26 Å². The third-order valence-electron chi connectivity index (χ3n) is 4.25. The second-order valence-corrected chi connectivity index (χ2v) is 5.78. The van der Waals surface area contributed by atoms with Crippen molar-refractivity contribution in [2.45, 2.75) is 6.04 Å². The maximum absolute atomic E-state index is 12.7. The number of amides is 2. The summed E-state index contributed by atoms with van der Waals surface area (Å²) in [5.41, 5.74) is 2.44. The summed E-state index contributed by atoms with van der Waals surface area (Å²) in [5, 5.41) is 15.6. The molecule has 0 saturated heterocycles. The van der Waals surface area contributed by atoms with Crippen LogP contribution >= 0.6 is 0 Å². The van der Waals surface area contributed by atoms with Gasteiger partial charge in [0.15, 0.2) is 5.76 Å². The Labute approximate surface area is 144 Å². The van der Waals surface area contributed by atoms with Crippen molar-refractivity contribution in [3.8, 4) is 6.07 Å². The number of hydrogen-bond donors (Lipinski definition) is 2. The van der Waals surface area contributed by atoms with E-state index < -0.39 is 0 Å². The Balaban J connectivity index is 1.85. The van der Waals surface area contributed by atoms with Gasteiger partial charge in [-0.1, -0.05) is 42.5 Å². The van der Waals surface area contributed by atoms with Gasteiger partial charge in [-0.25, -0.2) is 4.79 Å². The van der Waals surface area contributed by atoms with Crippen molar-refractivity contribution in [1.29, 1.82) is 5.26 Å². The van der Waals surface area contributed by atoms with E-state index in [0.29, 0.717) is 5.76 Å². The van der Waals surface area contributed by atoms with Crippen LogP contribution in [0.15, 0.2) is 59.0 Å². The van der Waals surface area contributed by atoms with E-state index in [1.54, 1.807) is 4.90 Å². The molecule has 1 aliphatic heterocycles. The van der Waals surface area contributed by atoms with Crippen molar-refractivity contribution in [2.75, 3.05) is 18.1 Å². The molecule has 2 amide bonds. The lowest BCUT2D eigenvalue weighted by Crippen LogP contribution is -2.50. The SMILES string of the molecule is N#CCNCN1C(=O)NC(c2ccccc2)c2oc3ccccc3c21. The van der Waals surface area contributed by atoms with Crippen molar-refractivity contribution in [1.82, 2.24) is 10.6 Å². The highest BCUT2D eigenvalue weighted by Crippen LogP contribution is 2.42. The Morgan fingerprint density at radius 1 is 1.16 bits per heavy atom. The Morgan fingerprint density at radius 2 is 1.92 bits per heavy atom. The van der Waals surface area contributed by atoms with Crippen molar-refractivity contribution >= 4 is 22.7 Å². The van der Waals surface area contributed by atoms with Crippen LogP contribution in [-0.2, 0) is 0 Å². The van der Waals surface area contributed by atoms with Crippen molar-refractivity contribution < 1.29 is 9.21 Å². The molecule has 2 N–H and O–H groups in total. The Kier molecular flexibility index (Phi) is 3.84. The fourth-order valence-corrected chi connectivity index (χ4v) is 3.15. The van der Waals surface area contributed by atoms with Crippen molar-refractivity contribution in [3.63, 3.8) is 0 Å². The molecule has 1 atom stereocenters. The van der Waals surface area contributed by atoms with E-state index in [0.717, 1.165) is 22.2 Å². The van der Waals surface area contributed by atoms with Crippen LogP contribution in [0.4, 0.5) is 10.5 Å². The monoisotopic (exact) mass is 332 g/mol. The van der Waals surface area contributed by atoms with E-state index in [-0.39, 0.29) is 25.3 Å². The molecule has 0 fully saturated rings. The number of rotatable bonds is 4. The number of furan rings is 1. The summed E-state index contributed by atoms with van der Waals surface area (Å²) in [6, 6.07) is 18.8. The number of para-hydroxylation sites is 1. The molecule has 0 aliphatic carbocycles. The summed E-state index contributed by atoms with van der Waals surface area (Å²) < 4.78 is 6.09. The Morgan fingerprint density at radius 3 is 2.72 bits per heavy atom. The molecule has 2 heterocycles. The highest BCUT2D eigenvalue weighted by molar-refractivity contribution is 6.05. The first kappa shape index (κ1) is 15.2. The summed E-state index contributed by atoms with van der Waals surface area (Å²) in [6.45, 7) is 0.397. The van der Waals surface area contributed by atoms with Crippen LogP contribution in [0.5, 0.6) is 0 Å². The average Bonchev–Trinajstić information content (AvgIpc) is 3.03. The van der Waals surface area contributed by atoms with E-state index >= 15 is 0 Å². The number of nitrogens with one attached hydrogen (secondary N) is 2. The summed E-state index contributed by atoms with van der Waals surface area (Å²) in [5.74, 6) is 0.700. The quantitative estimate of drug-likeness (QED) is 0.568. The molecule has 0 radical (unpaired) electrons. The number of hydrogen-bond acceptors (Lipinski definition) is 4. The largest absolute Gasteiger partial charge is 0.456 e. The van der Waals surface area contributed by atoms with E-state index in [9.17, 15) is 4.79 Å². The first-order valence-corrected chi connectivity index (χ1v) is 8.01. The van der Waals surface area contributed by atoms with Gasteiger partial charge in [0.2, 0.25) is 0 Å². The highest BCUT2D eigenvalue weighted by Gasteiger charge is 2.36. The molecule has 1 aromatic heterocycles. The number of anilines is 1. The summed E-state index contributed by atoms with van der Waals surface area (Å²) in [4.78, 5) is 14.3. The van der Waals surface area contributed by atoms with Gasteiger partial charge in [0, 0.05) is 5.39 Å². The third-order valence-corrected chi connectivity index (χ3v) is 4.25. The molecule has 2 aromatic carbocycles. The fraction of sp³-hybridized carbons (Fsp3) is 0.158. The summed E-state index contributed by atoms with van der Waals surface area (Å²) in [6.07, 6.45) is 0. The maximum Gasteiger partial charge on any atom is 0.323 e. The Hall–Kier alpha value is -3.30. The molecular weight excluding hydrogens is 316 g/mol. The molecule has 1 unspecified atom stereocenters. The van der Waals surface area contributed by atoms with Crippen molar-refractivity contribution in [2.24, 2.45) is 0 Å². The zero-order valence-corrected chi connectivity index (χ0v) is 13.4. The minimum atomic E-state index is -0.344. The zero-order chi connectivity index (χ0) is 17.2. The van der Waals surface area contributed by atoms with E-state index in [1.807, 2.05) is 60.7 Å². The summed E-state index contributed by atoms with van der Waals surface area (Å²) >= 11 is 0. The first-order valence-electron chi connectivity index (χ1n) is 8.01. The number of nitrogens with zero attached hydrogens (tertiary/aromatic N) is 2. The van der Waals surface area contributed by atoms with Crippen molar-refractivity contribution in [3.05, 3.63) is 65.9 Å². The maximum atomic E-state index is 12.7. The zero-order valence-electron chi connectivity index (χ0n) is 13.4. The standard InChI is InChI=1S/C19H16N4O2/c20-10-11-21-12-23-17-14-8-4-5-9-15(14)25-18(17)16(22-19(23)24)13-6-2-1-3-7-13/h1-9,16,21H,11-12H2,(H,22,24). The highest BCUT2D eigenvalue weighted by atomic mass is 16.3. The normalized spacial score (nSPS) is 16.4. The van der Waals surface area contributed by atoms with Crippen LogP contribution in [0, 0.1) is 11.3 Å². The van der Waals surface area contributed by atoms with Gasteiger partial charge < -0.3 is 9.73 Å².